The Balaban J connectivity index is 4.22. The molecular formula is C10H19NO4S. The highest BCUT2D eigenvalue weighted by Gasteiger charge is 2.20. The Kier molecular flexibility index (Phi) is 5.15. The summed E-state index contributed by atoms with van der Waals surface area (Å²) in [6.45, 7) is 10.0. The minimum atomic E-state index is -3.50. The summed E-state index contributed by atoms with van der Waals surface area (Å²) in [5.41, 5.74) is -0.561. The lowest BCUT2D eigenvalue weighted by Crippen LogP contribution is -2.35. The largest absolute Gasteiger partial charge is 0.460 e. The van der Waals surface area contributed by atoms with Crippen molar-refractivity contribution >= 4 is 16.0 Å². The molecule has 0 saturated carbocycles. The smallest absolute Gasteiger partial charge is 0.307 e. The highest BCUT2D eigenvalue weighted by Crippen LogP contribution is 2.09. The van der Waals surface area contributed by atoms with Gasteiger partial charge in [-0.25, -0.2) is 13.1 Å². The van der Waals surface area contributed by atoms with E-state index < -0.39 is 27.6 Å². The van der Waals surface area contributed by atoms with Gasteiger partial charge in [-0.05, 0) is 27.7 Å². The second-order valence-corrected chi connectivity index (χ2v) is 6.18. The first-order valence-electron chi connectivity index (χ1n) is 4.92. The Morgan fingerprint density at radius 2 is 2.00 bits per heavy atom. The topological polar surface area (TPSA) is 72.5 Å². The lowest BCUT2D eigenvalue weighted by atomic mass is 10.2. The molecule has 5 nitrogen and oxygen atoms in total. The molecular weight excluding hydrogens is 230 g/mol. The van der Waals surface area contributed by atoms with E-state index in [1.165, 1.54) is 0 Å². The number of nitrogens with one attached hydrogen (secondary N) is 1. The summed E-state index contributed by atoms with van der Waals surface area (Å²) in [4.78, 5) is 11.4. The summed E-state index contributed by atoms with van der Waals surface area (Å²) in [5.74, 6) is -0.438. The molecule has 0 aromatic rings. The van der Waals surface area contributed by atoms with E-state index in [9.17, 15) is 13.2 Å². The van der Waals surface area contributed by atoms with E-state index in [2.05, 4.69) is 11.3 Å². The Morgan fingerprint density at radius 3 is 2.38 bits per heavy atom. The summed E-state index contributed by atoms with van der Waals surface area (Å²) in [7, 11) is -3.50. The highest BCUT2D eigenvalue weighted by molar-refractivity contribution is 7.92. The monoisotopic (exact) mass is 249 g/mol. The van der Waals surface area contributed by atoms with E-state index in [0.717, 1.165) is 5.41 Å². The van der Waals surface area contributed by atoms with Gasteiger partial charge >= 0.3 is 5.97 Å². The van der Waals surface area contributed by atoms with Gasteiger partial charge < -0.3 is 4.74 Å². The molecule has 0 aliphatic rings. The summed E-state index contributed by atoms with van der Waals surface area (Å²) in [6, 6.07) is -0.516. The number of ether oxygens (including phenoxy) is 1. The van der Waals surface area contributed by atoms with Crippen LogP contribution < -0.4 is 4.72 Å². The van der Waals surface area contributed by atoms with Crippen LogP contribution in [0.1, 0.15) is 34.1 Å². The molecule has 1 N–H and O–H groups in total. The van der Waals surface area contributed by atoms with Crippen LogP contribution in [-0.2, 0) is 19.6 Å². The van der Waals surface area contributed by atoms with E-state index in [1.54, 1.807) is 27.7 Å². The molecule has 0 spiro atoms. The maximum atomic E-state index is 11.4. The third-order valence-electron chi connectivity index (χ3n) is 1.48. The van der Waals surface area contributed by atoms with Crippen LogP contribution in [0.25, 0.3) is 0 Å². The minimum absolute atomic E-state index is 0.00958. The van der Waals surface area contributed by atoms with E-state index in [4.69, 9.17) is 4.74 Å². The van der Waals surface area contributed by atoms with Crippen molar-refractivity contribution in [1.82, 2.24) is 4.72 Å². The van der Waals surface area contributed by atoms with E-state index in [-0.39, 0.29) is 6.42 Å². The maximum absolute atomic E-state index is 11.4. The molecule has 1 atom stereocenters. The normalized spacial score (nSPS) is 14.2. The lowest BCUT2D eigenvalue weighted by molar-refractivity contribution is -0.155. The van der Waals surface area contributed by atoms with Crippen LogP contribution in [0, 0.1) is 0 Å². The van der Waals surface area contributed by atoms with E-state index >= 15 is 0 Å². The van der Waals surface area contributed by atoms with Gasteiger partial charge in [0.1, 0.15) is 5.60 Å². The molecule has 0 aromatic carbocycles. The molecule has 0 rings (SSSR count). The van der Waals surface area contributed by atoms with Gasteiger partial charge in [-0.15, -0.1) is 0 Å². The zero-order valence-corrected chi connectivity index (χ0v) is 10.9. The van der Waals surface area contributed by atoms with Crippen molar-refractivity contribution in [2.75, 3.05) is 0 Å². The van der Waals surface area contributed by atoms with Gasteiger partial charge in [0.05, 0.1) is 6.42 Å². The van der Waals surface area contributed by atoms with Crippen molar-refractivity contribution in [2.24, 2.45) is 0 Å². The highest BCUT2D eigenvalue weighted by atomic mass is 32.2. The number of hydrogen-bond donors (Lipinski definition) is 1. The number of sulfonamides is 1. The lowest BCUT2D eigenvalue weighted by Gasteiger charge is -2.21. The van der Waals surface area contributed by atoms with Gasteiger partial charge in [0.15, 0.2) is 0 Å². The van der Waals surface area contributed by atoms with Crippen LogP contribution in [0.4, 0.5) is 0 Å². The second kappa shape index (κ2) is 5.45. The molecule has 0 saturated heterocycles. The predicted molar refractivity (Wildman–Crippen MR) is 62.2 cm³/mol. The van der Waals surface area contributed by atoms with E-state index in [1.807, 2.05) is 0 Å². The van der Waals surface area contributed by atoms with Crippen LogP contribution >= 0.6 is 0 Å². The first-order chi connectivity index (χ1) is 7.06. The molecule has 0 aliphatic carbocycles. The van der Waals surface area contributed by atoms with Crippen molar-refractivity contribution in [3.63, 3.8) is 0 Å². The van der Waals surface area contributed by atoms with Crippen molar-refractivity contribution in [1.29, 1.82) is 0 Å². The van der Waals surface area contributed by atoms with Crippen molar-refractivity contribution < 1.29 is 17.9 Å². The average Bonchev–Trinajstić information content (AvgIpc) is 1.98. The summed E-state index contributed by atoms with van der Waals surface area (Å²) in [6.07, 6.45) is -0.00958. The molecule has 0 heterocycles. The fraction of sp³-hybridized carbons (Fsp3) is 0.700. The Labute approximate surface area is 96.9 Å². The van der Waals surface area contributed by atoms with Crippen molar-refractivity contribution in [2.45, 2.75) is 45.8 Å². The fourth-order valence-corrected chi connectivity index (χ4v) is 1.74. The van der Waals surface area contributed by atoms with Crippen LogP contribution in [0.2, 0.25) is 0 Å². The fourth-order valence-electron chi connectivity index (χ4n) is 1.00. The molecule has 0 aromatic heterocycles. The molecule has 16 heavy (non-hydrogen) atoms. The maximum Gasteiger partial charge on any atom is 0.307 e. The Hall–Kier alpha value is -0.880. The third kappa shape index (κ3) is 7.42. The number of hydrogen-bond acceptors (Lipinski definition) is 4. The van der Waals surface area contributed by atoms with Gasteiger partial charge in [-0.3, -0.25) is 4.79 Å². The number of rotatable bonds is 5. The molecule has 6 heteroatoms. The molecule has 0 amide bonds. The van der Waals surface area contributed by atoms with Crippen LogP contribution in [0.15, 0.2) is 12.0 Å². The molecule has 0 bridgehead atoms. The predicted octanol–water partition coefficient (Wildman–Crippen LogP) is 1.17. The van der Waals surface area contributed by atoms with Crippen molar-refractivity contribution in [3.8, 4) is 0 Å². The first kappa shape index (κ1) is 15.1. The SMILES string of the molecule is C=CS(=O)(=O)N[C@H](C)CC(=O)OC(C)(C)C. The van der Waals surface area contributed by atoms with Gasteiger partial charge in [-0.2, -0.15) is 0 Å². The second-order valence-electron chi connectivity index (χ2n) is 4.52. The Bertz CT molecular complexity index is 354. The summed E-state index contributed by atoms with van der Waals surface area (Å²) < 4.78 is 29.5. The van der Waals surface area contributed by atoms with Crippen LogP contribution in [0.3, 0.4) is 0 Å². The standard InChI is InChI=1S/C10H19NO4S/c1-6-16(13,14)11-8(2)7-9(12)15-10(3,4)5/h6,8,11H,1,7H2,2-5H3/t8-/m1/s1. The summed E-state index contributed by atoms with van der Waals surface area (Å²) >= 11 is 0. The van der Waals surface area contributed by atoms with Crippen molar-refractivity contribution in [3.05, 3.63) is 12.0 Å². The third-order valence-corrected chi connectivity index (χ3v) is 2.65. The average molecular weight is 249 g/mol. The van der Waals surface area contributed by atoms with Gasteiger partial charge in [0.25, 0.3) is 0 Å². The van der Waals surface area contributed by atoms with Crippen LogP contribution in [0.5, 0.6) is 0 Å². The number of carbonyl (C=O) groups is 1. The first-order valence-corrected chi connectivity index (χ1v) is 6.47. The van der Waals surface area contributed by atoms with Crippen LogP contribution in [-0.4, -0.2) is 26.0 Å². The zero-order chi connectivity index (χ0) is 13.0. The molecule has 0 fully saturated rings. The van der Waals surface area contributed by atoms with Gasteiger partial charge in [-0.1, -0.05) is 6.58 Å². The van der Waals surface area contributed by atoms with Gasteiger partial charge in [0, 0.05) is 11.4 Å². The number of esters is 1. The molecule has 0 aliphatic heterocycles. The number of carbonyl (C=O) groups excluding carboxylic acids is 1. The minimum Gasteiger partial charge on any atom is -0.460 e. The van der Waals surface area contributed by atoms with Gasteiger partial charge in [0.2, 0.25) is 10.0 Å². The molecule has 0 radical (unpaired) electrons. The zero-order valence-electron chi connectivity index (χ0n) is 10.1. The van der Waals surface area contributed by atoms with E-state index in [0.29, 0.717) is 0 Å². The molecule has 0 unspecified atom stereocenters. The Morgan fingerprint density at radius 1 is 1.50 bits per heavy atom. The summed E-state index contributed by atoms with van der Waals surface area (Å²) in [5, 5.41) is 0.804. The quantitative estimate of drug-likeness (QED) is 0.742. The molecule has 94 valence electrons.